The maximum Gasteiger partial charge on any atom is 0.151 e. The van der Waals surface area contributed by atoms with Crippen molar-refractivity contribution in [1.29, 1.82) is 5.41 Å². The molecule has 92 valence electrons. The first kappa shape index (κ1) is 18.1. The topological polar surface area (TPSA) is 53.1 Å². The third-order valence-corrected chi connectivity index (χ3v) is 3.38. The summed E-state index contributed by atoms with van der Waals surface area (Å²) in [7, 11) is 2.20. The Bertz CT molecular complexity index is 181. The van der Waals surface area contributed by atoms with Crippen LogP contribution in [-0.4, -0.2) is 35.5 Å². The van der Waals surface area contributed by atoms with E-state index in [-0.39, 0.29) is 39.1 Å². The number of piperidine rings is 1. The Morgan fingerprint density at radius 1 is 1.47 bits per heavy atom. The van der Waals surface area contributed by atoms with Crippen LogP contribution < -0.4 is 5.73 Å². The molecule has 1 unspecified atom stereocenters. The minimum Gasteiger partial charge on any atom is -0.379 e. The molecule has 6 heteroatoms. The molecule has 1 atom stereocenters. The Balaban J connectivity index is 0. The Morgan fingerprint density at radius 3 is 2.67 bits per heavy atom. The van der Waals surface area contributed by atoms with Crippen LogP contribution in [0.4, 0.5) is 0 Å². The molecule has 1 heterocycles. The van der Waals surface area contributed by atoms with E-state index in [1.54, 1.807) is 0 Å². The zero-order valence-electron chi connectivity index (χ0n) is 9.07. The Kier molecular flexibility index (Phi) is 12.0. The van der Waals surface area contributed by atoms with Crippen molar-refractivity contribution in [2.45, 2.75) is 31.7 Å². The summed E-state index contributed by atoms with van der Waals surface area (Å²) in [5.74, 6) is 0.990. The maximum atomic E-state index is 7.09. The van der Waals surface area contributed by atoms with E-state index < -0.39 is 0 Å². The maximum absolute atomic E-state index is 7.09. The predicted octanol–water partition coefficient (Wildman–Crippen LogP) is 2.64. The summed E-state index contributed by atoms with van der Waals surface area (Å²) in [6.07, 6.45) is 5.18. The van der Waals surface area contributed by atoms with Crippen LogP contribution in [0.25, 0.3) is 0 Å². The quantitative estimate of drug-likeness (QED) is 0.599. The fourth-order valence-corrected chi connectivity index (χ4v) is 2.42. The van der Waals surface area contributed by atoms with Gasteiger partial charge < -0.3 is 10.6 Å². The molecule has 0 spiro atoms. The third kappa shape index (κ3) is 7.60. The molecule has 0 amide bonds. The van der Waals surface area contributed by atoms with Crippen molar-refractivity contribution in [1.82, 2.24) is 4.90 Å². The van der Waals surface area contributed by atoms with Gasteiger partial charge >= 0.3 is 0 Å². The van der Waals surface area contributed by atoms with Gasteiger partial charge in [-0.15, -0.1) is 34.0 Å². The lowest BCUT2D eigenvalue weighted by atomic mass is 10.0. The summed E-state index contributed by atoms with van der Waals surface area (Å²) < 4.78 is 0. The molecule has 1 saturated heterocycles. The summed E-state index contributed by atoms with van der Waals surface area (Å²) >= 11 is 1.46. The molecule has 15 heavy (non-hydrogen) atoms. The van der Waals surface area contributed by atoms with Crippen molar-refractivity contribution in [3.05, 3.63) is 0 Å². The second-order valence-electron chi connectivity index (χ2n) is 3.63. The van der Waals surface area contributed by atoms with Crippen molar-refractivity contribution in [3.63, 3.8) is 0 Å². The van der Waals surface area contributed by atoms with Crippen LogP contribution in [0.1, 0.15) is 25.7 Å². The Morgan fingerprint density at radius 2 is 2.13 bits per heavy atom. The van der Waals surface area contributed by atoms with Gasteiger partial charge in [0.05, 0.1) is 0 Å². The molecule has 3 nitrogen and oxygen atoms in total. The monoisotopic (exact) mass is 361 g/mol. The van der Waals surface area contributed by atoms with E-state index in [1.165, 1.54) is 44.0 Å². The van der Waals surface area contributed by atoms with Crippen LogP contribution >= 0.6 is 45.7 Å². The molecular formula is C9H21Br2N3S. The lowest BCUT2D eigenvalue weighted by Crippen LogP contribution is -2.36. The molecule has 0 bridgehead atoms. The average molecular weight is 363 g/mol. The van der Waals surface area contributed by atoms with Crippen molar-refractivity contribution < 1.29 is 0 Å². The molecule has 0 aromatic rings. The first-order valence-corrected chi connectivity index (χ1v) is 5.86. The van der Waals surface area contributed by atoms with Crippen LogP contribution in [0, 0.1) is 5.41 Å². The lowest BCUT2D eigenvalue weighted by molar-refractivity contribution is 0.182. The number of amidine groups is 1. The van der Waals surface area contributed by atoms with Crippen LogP contribution in [0.5, 0.6) is 0 Å². The van der Waals surface area contributed by atoms with Gasteiger partial charge in [0.2, 0.25) is 0 Å². The number of hydrogen-bond acceptors (Lipinski definition) is 3. The van der Waals surface area contributed by atoms with Gasteiger partial charge in [-0.3, -0.25) is 5.41 Å². The molecule has 1 aliphatic heterocycles. The molecule has 1 aliphatic rings. The van der Waals surface area contributed by atoms with Crippen LogP contribution in [0.3, 0.4) is 0 Å². The minimum absolute atomic E-state index is 0. The summed E-state index contributed by atoms with van der Waals surface area (Å²) in [4.78, 5) is 2.43. The van der Waals surface area contributed by atoms with Gasteiger partial charge in [-0.2, -0.15) is 0 Å². The highest BCUT2D eigenvalue weighted by Crippen LogP contribution is 2.19. The van der Waals surface area contributed by atoms with Gasteiger partial charge in [0.1, 0.15) is 0 Å². The first-order chi connectivity index (χ1) is 6.20. The number of halogens is 2. The van der Waals surface area contributed by atoms with E-state index in [4.69, 9.17) is 11.1 Å². The second-order valence-corrected chi connectivity index (χ2v) is 4.77. The van der Waals surface area contributed by atoms with Gasteiger partial charge in [0, 0.05) is 11.8 Å². The number of thioether (sulfide) groups is 1. The van der Waals surface area contributed by atoms with Crippen LogP contribution in [-0.2, 0) is 0 Å². The van der Waals surface area contributed by atoms with Gasteiger partial charge in [0.15, 0.2) is 5.17 Å². The Hall–Kier alpha value is 0.740. The highest BCUT2D eigenvalue weighted by molar-refractivity contribution is 8.93. The van der Waals surface area contributed by atoms with E-state index in [9.17, 15) is 0 Å². The zero-order valence-corrected chi connectivity index (χ0v) is 13.3. The van der Waals surface area contributed by atoms with E-state index in [1.807, 2.05) is 0 Å². The van der Waals surface area contributed by atoms with Gasteiger partial charge in [0.25, 0.3) is 0 Å². The summed E-state index contributed by atoms with van der Waals surface area (Å²) in [5.41, 5.74) is 5.28. The molecule has 0 radical (unpaired) electrons. The number of nitrogens with two attached hydrogens (primary N) is 1. The fraction of sp³-hybridized carbons (Fsp3) is 0.889. The Labute approximate surface area is 118 Å². The molecular weight excluding hydrogens is 342 g/mol. The molecule has 1 rings (SSSR count). The van der Waals surface area contributed by atoms with E-state index >= 15 is 0 Å². The number of hydrogen-bond donors (Lipinski definition) is 2. The molecule has 0 saturated carbocycles. The van der Waals surface area contributed by atoms with Crippen molar-refractivity contribution >= 4 is 50.9 Å². The smallest absolute Gasteiger partial charge is 0.151 e. The lowest BCUT2D eigenvalue weighted by Gasteiger charge is -2.32. The average Bonchev–Trinajstić information content (AvgIpc) is 2.08. The summed E-state index contributed by atoms with van der Waals surface area (Å²) in [5, 5.41) is 7.34. The molecule has 0 aliphatic carbocycles. The standard InChI is InChI=1S/C9H19N3S.2BrH/c1-12-6-3-2-4-8(12)5-7-13-9(10)11;;/h8H,2-7H2,1H3,(H3,10,11);2*1H. The minimum atomic E-state index is 0. The fourth-order valence-electron chi connectivity index (χ4n) is 1.81. The normalized spacial score (nSPS) is 21.3. The van der Waals surface area contributed by atoms with Crippen LogP contribution in [0.2, 0.25) is 0 Å². The van der Waals surface area contributed by atoms with Crippen molar-refractivity contribution in [2.75, 3.05) is 19.3 Å². The van der Waals surface area contributed by atoms with Crippen molar-refractivity contribution in [2.24, 2.45) is 5.73 Å². The molecule has 1 fully saturated rings. The van der Waals surface area contributed by atoms with Gasteiger partial charge in [-0.25, -0.2) is 0 Å². The third-order valence-electron chi connectivity index (χ3n) is 2.63. The second kappa shape index (κ2) is 9.93. The SMILES string of the molecule is Br.Br.CN1CCCCC1CCSC(=N)N. The zero-order chi connectivity index (χ0) is 9.68. The van der Waals surface area contributed by atoms with E-state index in [0.29, 0.717) is 0 Å². The van der Waals surface area contributed by atoms with E-state index in [0.717, 1.165) is 11.8 Å². The highest BCUT2D eigenvalue weighted by Gasteiger charge is 2.17. The molecule has 3 N–H and O–H groups in total. The number of rotatable bonds is 3. The molecule has 0 aromatic heterocycles. The van der Waals surface area contributed by atoms with Crippen LogP contribution in [0.15, 0.2) is 0 Å². The van der Waals surface area contributed by atoms with Crippen molar-refractivity contribution in [3.8, 4) is 0 Å². The summed E-state index contributed by atoms with van der Waals surface area (Å²) in [6, 6.07) is 0.723. The number of nitrogens with zero attached hydrogens (tertiary/aromatic N) is 1. The summed E-state index contributed by atoms with van der Waals surface area (Å²) in [6.45, 7) is 1.23. The largest absolute Gasteiger partial charge is 0.379 e. The predicted molar refractivity (Wildman–Crippen MR) is 79.9 cm³/mol. The van der Waals surface area contributed by atoms with Gasteiger partial charge in [-0.1, -0.05) is 18.2 Å². The van der Waals surface area contributed by atoms with E-state index in [2.05, 4.69) is 11.9 Å². The number of likely N-dealkylation sites (tertiary alicyclic amines) is 1. The first-order valence-electron chi connectivity index (χ1n) is 4.87. The van der Waals surface area contributed by atoms with Gasteiger partial charge in [-0.05, 0) is 32.9 Å². The molecule has 0 aromatic carbocycles. The highest BCUT2D eigenvalue weighted by atomic mass is 79.9. The number of nitrogens with one attached hydrogen (secondary N) is 1.